The van der Waals surface area contributed by atoms with E-state index in [0.717, 1.165) is 6.92 Å². The molecule has 0 aliphatic carbocycles. The van der Waals surface area contributed by atoms with Crippen LogP contribution in [0.3, 0.4) is 0 Å². The van der Waals surface area contributed by atoms with E-state index in [1.165, 1.54) is 48.5 Å². The van der Waals surface area contributed by atoms with E-state index in [1.807, 2.05) is 0 Å². The first-order chi connectivity index (χ1) is 17.2. The van der Waals surface area contributed by atoms with Gasteiger partial charge in [-0.1, -0.05) is 61.2 Å². The highest BCUT2D eigenvalue weighted by Crippen LogP contribution is 2.77. The average molecular weight is 559 g/mol. The first kappa shape index (κ1) is 26.8. The number of alkyl halides is 5. The number of rotatable bonds is 7. The molecular weight excluding hydrogens is 539 g/mol. The molecule has 0 fully saturated rings. The molecule has 1 aliphatic heterocycles. The van der Waals surface area contributed by atoms with Gasteiger partial charge in [0, 0.05) is 20.3 Å². The summed E-state index contributed by atoms with van der Waals surface area (Å²) < 4.78 is 107. The Morgan fingerprint density at radius 2 is 1.30 bits per heavy atom. The van der Waals surface area contributed by atoms with E-state index in [1.54, 1.807) is 30.3 Å². The Labute approximate surface area is 211 Å². The van der Waals surface area contributed by atoms with Crippen LogP contribution in [0.1, 0.15) is 6.92 Å². The predicted octanol–water partition coefficient (Wildman–Crippen LogP) is 6.85. The molecule has 0 N–H and O–H groups in total. The standard InChI is InChI=1S/C25H19F5O5S2/c1-16(2)22(31)34-23(24(26,27)28)25(29,30)37(32,33)35-36(17-10-4-3-5-11-17)20-14-8-6-12-18(20)19-13-7-9-15-21(19)36/h3-15,23H,1H2,2H3. The second-order valence-electron chi connectivity index (χ2n) is 8.05. The average Bonchev–Trinajstić information content (AvgIpc) is 3.12. The largest absolute Gasteiger partial charge is 0.441 e. The van der Waals surface area contributed by atoms with E-state index in [0.29, 0.717) is 11.1 Å². The van der Waals surface area contributed by atoms with Crippen molar-refractivity contribution in [2.45, 2.75) is 39.1 Å². The summed E-state index contributed by atoms with van der Waals surface area (Å²) in [5, 5.41) is -5.71. The molecular formula is C25H19F5O5S2. The lowest BCUT2D eigenvalue weighted by Crippen LogP contribution is -2.53. The van der Waals surface area contributed by atoms with E-state index in [9.17, 15) is 26.4 Å². The van der Waals surface area contributed by atoms with Crippen LogP contribution in [0.4, 0.5) is 22.0 Å². The summed E-state index contributed by atoms with van der Waals surface area (Å²) >= 11 is 0. The second kappa shape index (κ2) is 9.26. The Morgan fingerprint density at radius 3 is 1.76 bits per heavy atom. The molecule has 196 valence electrons. The van der Waals surface area contributed by atoms with Crippen molar-refractivity contribution in [2.24, 2.45) is 0 Å². The molecule has 0 saturated carbocycles. The smallest absolute Gasteiger partial charge is 0.432 e. The summed E-state index contributed by atoms with van der Waals surface area (Å²) in [6, 6.07) is 20.1. The fraction of sp³-hybridized carbons (Fsp3) is 0.160. The van der Waals surface area contributed by atoms with Crippen molar-refractivity contribution in [3.63, 3.8) is 0 Å². The van der Waals surface area contributed by atoms with Crippen molar-refractivity contribution in [2.75, 3.05) is 0 Å². The quantitative estimate of drug-likeness (QED) is 0.180. The highest BCUT2D eigenvalue weighted by atomic mass is 32.3. The van der Waals surface area contributed by atoms with Gasteiger partial charge < -0.3 is 4.74 Å². The Balaban J connectivity index is 1.94. The van der Waals surface area contributed by atoms with Gasteiger partial charge >= 0.3 is 27.5 Å². The number of esters is 1. The SMILES string of the molecule is C=C(C)C(=O)OC(C(F)(F)F)C(F)(F)S(=O)(=O)OS1(c2ccccc2)c2ccccc2-c2ccccc21. The first-order valence-electron chi connectivity index (χ1n) is 10.6. The zero-order valence-electron chi connectivity index (χ0n) is 19.0. The number of fused-ring (bicyclic) bond motifs is 3. The van der Waals surface area contributed by atoms with Gasteiger partial charge in [-0.25, -0.2) is 8.42 Å². The highest BCUT2D eigenvalue weighted by molar-refractivity contribution is 8.33. The topological polar surface area (TPSA) is 69.7 Å². The van der Waals surface area contributed by atoms with Crippen molar-refractivity contribution in [3.8, 4) is 11.1 Å². The lowest BCUT2D eigenvalue weighted by molar-refractivity contribution is -0.257. The van der Waals surface area contributed by atoms with Gasteiger partial charge in [0.1, 0.15) is 0 Å². The minimum absolute atomic E-state index is 0.161. The van der Waals surface area contributed by atoms with E-state index in [2.05, 4.69) is 11.3 Å². The lowest BCUT2D eigenvalue weighted by atomic mass is 10.1. The molecule has 1 heterocycles. The molecule has 0 bridgehead atoms. The van der Waals surface area contributed by atoms with Gasteiger partial charge in [-0.15, -0.1) is 0 Å². The number of benzene rings is 3. The van der Waals surface area contributed by atoms with Crippen molar-refractivity contribution >= 4 is 26.4 Å². The van der Waals surface area contributed by atoms with Crippen molar-refractivity contribution in [3.05, 3.63) is 91.0 Å². The molecule has 0 spiro atoms. The molecule has 37 heavy (non-hydrogen) atoms. The summed E-state index contributed by atoms with van der Waals surface area (Å²) in [6.45, 7) is 3.99. The van der Waals surface area contributed by atoms with Gasteiger partial charge in [0.15, 0.2) is 0 Å². The molecule has 3 aromatic rings. The van der Waals surface area contributed by atoms with Crippen LogP contribution in [0.5, 0.6) is 0 Å². The van der Waals surface area contributed by atoms with Crippen LogP contribution < -0.4 is 0 Å². The Morgan fingerprint density at radius 1 is 0.838 bits per heavy atom. The minimum Gasteiger partial charge on any atom is -0.441 e. The Bertz CT molecular complexity index is 1420. The monoisotopic (exact) mass is 558 g/mol. The van der Waals surface area contributed by atoms with E-state index in [4.69, 9.17) is 3.63 Å². The fourth-order valence-electron chi connectivity index (χ4n) is 3.82. The number of halogens is 5. The normalized spacial score (nSPS) is 16.3. The number of hydrogen-bond donors (Lipinski definition) is 0. The number of hydrogen-bond acceptors (Lipinski definition) is 5. The number of carbonyl (C=O) groups is 1. The maximum Gasteiger partial charge on any atom is 0.432 e. The van der Waals surface area contributed by atoms with Gasteiger partial charge in [-0.05, 0) is 52.6 Å². The molecule has 12 heteroatoms. The summed E-state index contributed by atoms with van der Waals surface area (Å²) in [6.07, 6.45) is -10.3. The Kier molecular flexibility index (Phi) is 6.72. The highest BCUT2D eigenvalue weighted by Gasteiger charge is 2.68. The molecule has 1 unspecified atom stereocenters. The zero-order chi connectivity index (χ0) is 27.2. The molecule has 1 aliphatic rings. The molecule has 5 nitrogen and oxygen atoms in total. The minimum atomic E-state index is -6.41. The third-order valence-electron chi connectivity index (χ3n) is 5.46. The van der Waals surface area contributed by atoms with Crippen molar-refractivity contribution < 1.29 is 43.5 Å². The van der Waals surface area contributed by atoms with Crippen LogP contribution in [0, 0.1) is 0 Å². The van der Waals surface area contributed by atoms with Gasteiger partial charge in [-0.2, -0.15) is 30.4 Å². The lowest BCUT2D eigenvalue weighted by Gasteiger charge is -2.38. The summed E-state index contributed by atoms with van der Waals surface area (Å²) in [5.74, 6) is -1.83. The fourth-order valence-corrected chi connectivity index (χ4v) is 9.40. The van der Waals surface area contributed by atoms with Gasteiger partial charge in [0.2, 0.25) is 0 Å². The summed E-state index contributed by atoms with van der Waals surface area (Å²) in [5.41, 5.74) is 0.335. The van der Waals surface area contributed by atoms with Crippen LogP contribution in [0.15, 0.2) is 106 Å². The predicted molar refractivity (Wildman–Crippen MR) is 126 cm³/mol. The van der Waals surface area contributed by atoms with E-state index >= 15 is 8.78 Å². The van der Waals surface area contributed by atoms with Crippen LogP contribution in [0.25, 0.3) is 11.1 Å². The molecule has 0 radical (unpaired) electrons. The zero-order valence-corrected chi connectivity index (χ0v) is 20.7. The van der Waals surface area contributed by atoms with Crippen LogP contribution in [0.2, 0.25) is 0 Å². The van der Waals surface area contributed by atoms with Crippen molar-refractivity contribution in [1.29, 1.82) is 0 Å². The Hall–Kier alpha value is -3.22. The summed E-state index contributed by atoms with van der Waals surface area (Å²) in [4.78, 5) is 12.3. The maximum absolute atomic E-state index is 15.4. The number of ether oxygens (including phenoxy) is 1. The van der Waals surface area contributed by atoms with Gasteiger partial charge in [0.05, 0.1) is 0 Å². The molecule has 3 aromatic carbocycles. The van der Waals surface area contributed by atoms with E-state index < -0.39 is 49.5 Å². The van der Waals surface area contributed by atoms with Crippen LogP contribution in [-0.2, 0) is 23.3 Å². The summed E-state index contributed by atoms with van der Waals surface area (Å²) in [7, 11) is -9.93. The van der Waals surface area contributed by atoms with Crippen LogP contribution >= 0.6 is 10.3 Å². The van der Waals surface area contributed by atoms with Gasteiger partial charge in [-0.3, -0.25) is 0 Å². The second-order valence-corrected chi connectivity index (χ2v) is 12.5. The molecule has 0 amide bonds. The molecule has 1 atom stereocenters. The van der Waals surface area contributed by atoms with Crippen molar-refractivity contribution in [1.82, 2.24) is 0 Å². The maximum atomic E-state index is 15.4. The number of carbonyl (C=O) groups excluding carboxylic acids is 1. The first-order valence-corrected chi connectivity index (χ1v) is 13.5. The molecule has 4 rings (SSSR count). The third kappa shape index (κ3) is 4.42. The van der Waals surface area contributed by atoms with Crippen LogP contribution in [-0.4, -0.2) is 31.9 Å². The third-order valence-corrected chi connectivity index (χ3v) is 10.8. The molecule has 0 saturated heterocycles. The van der Waals surface area contributed by atoms with Gasteiger partial charge in [0.25, 0.3) is 6.10 Å². The van der Waals surface area contributed by atoms with E-state index in [-0.39, 0.29) is 14.7 Å². The molecule has 0 aromatic heterocycles.